The number of hydrogen-bond donors (Lipinski definition) is 0. The molecule has 0 saturated heterocycles. The average molecular weight is 387 g/mol. The second-order valence-electron chi connectivity index (χ2n) is 2.64. The molecule has 0 aromatic heterocycles. The molecular weight excluding hydrogens is 377 g/mol. The minimum atomic E-state index is 1.15. The SMILES string of the molecule is [Pd+][I].[c-]1ccccc1-c1ccccc1. The molecule has 2 aromatic carbocycles. The Hall–Kier alpha value is -0.168. The van der Waals surface area contributed by atoms with Gasteiger partial charge in [0.2, 0.25) is 0 Å². The molecule has 74 valence electrons. The van der Waals surface area contributed by atoms with Crippen molar-refractivity contribution in [2.75, 3.05) is 0 Å². The second kappa shape index (κ2) is 7.17. The smallest absolute Gasteiger partial charge is 0.0638 e. The molecule has 0 spiro atoms. The van der Waals surface area contributed by atoms with Crippen molar-refractivity contribution in [3.8, 4) is 11.1 Å². The van der Waals surface area contributed by atoms with E-state index in [1.807, 2.05) is 55.9 Å². The van der Waals surface area contributed by atoms with Gasteiger partial charge in [0.25, 0.3) is 0 Å². The van der Waals surface area contributed by atoms with Crippen molar-refractivity contribution < 1.29 is 15.6 Å². The fourth-order valence-electron chi connectivity index (χ4n) is 1.19. The molecule has 0 amide bonds. The molecule has 0 nitrogen and oxygen atoms in total. The minimum Gasteiger partial charge on any atom is -0.147 e. The maximum absolute atomic E-state index is 3.18. The van der Waals surface area contributed by atoms with E-state index in [0.717, 1.165) is 5.56 Å². The monoisotopic (exact) mass is 386 g/mol. The van der Waals surface area contributed by atoms with Crippen LogP contribution < -0.4 is 0 Å². The van der Waals surface area contributed by atoms with Crippen LogP contribution in [0.2, 0.25) is 0 Å². The number of rotatable bonds is 1. The third-order valence-electron chi connectivity index (χ3n) is 1.79. The van der Waals surface area contributed by atoms with Crippen LogP contribution in [-0.2, 0) is 15.6 Å². The predicted octanol–water partition coefficient (Wildman–Crippen LogP) is 4.04. The first kappa shape index (κ1) is 11.9. The van der Waals surface area contributed by atoms with E-state index in [4.69, 9.17) is 0 Å². The third-order valence-corrected chi connectivity index (χ3v) is 1.79. The molecule has 0 saturated carbocycles. The molecule has 0 heterocycles. The molecule has 0 aliphatic rings. The van der Waals surface area contributed by atoms with Gasteiger partial charge in [0, 0.05) is 0 Å². The molecule has 0 aliphatic heterocycles. The minimum absolute atomic E-state index is 1.15. The summed E-state index contributed by atoms with van der Waals surface area (Å²) in [5, 5.41) is 0. The van der Waals surface area contributed by atoms with E-state index < -0.39 is 0 Å². The van der Waals surface area contributed by atoms with Crippen LogP contribution in [0.15, 0.2) is 54.6 Å². The summed E-state index contributed by atoms with van der Waals surface area (Å²) in [4.78, 5) is 0. The molecule has 0 N–H and O–H groups in total. The Morgan fingerprint density at radius 2 is 1.50 bits per heavy atom. The fourth-order valence-corrected chi connectivity index (χ4v) is 1.19. The Balaban J connectivity index is 0.000000461. The number of hydrogen-bond acceptors (Lipinski definition) is 0. The molecule has 2 aromatic rings. The van der Waals surface area contributed by atoms with Gasteiger partial charge in [-0.3, -0.25) is 0 Å². The van der Waals surface area contributed by atoms with Crippen molar-refractivity contribution >= 4 is 19.5 Å². The van der Waals surface area contributed by atoms with Crippen LogP contribution >= 0.6 is 19.5 Å². The molecule has 2 heteroatoms. The standard InChI is InChI=1S/C12H9.HI.Pd/c1-3-7-11(8-4-1)12-9-5-2-6-10-12;;/h1-9H;1H;/q-1;;+2/p-1. The van der Waals surface area contributed by atoms with Gasteiger partial charge in [-0.2, -0.15) is 0 Å². The van der Waals surface area contributed by atoms with Crippen LogP contribution in [0.1, 0.15) is 0 Å². The summed E-state index contributed by atoms with van der Waals surface area (Å²) >= 11 is 4.72. The Labute approximate surface area is 106 Å². The molecule has 0 fully saturated rings. The van der Waals surface area contributed by atoms with E-state index >= 15 is 0 Å². The maximum atomic E-state index is 3.18. The van der Waals surface area contributed by atoms with Crippen molar-refractivity contribution in [1.82, 2.24) is 0 Å². The van der Waals surface area contributed by atoms with Crippen LogP contribution in [0.25, 0.3) is 11.1 Å². The third kappa shape index (κ3) is 3.53. The quantitative estimate of drug-likeness (QED) is 0.394. The largest absolute Gasteiger partial charge is 0.147 e. The van der Waals surface area contributed by atoms with E-state index in [0.29, 0.717) is 0 Å². The summed E-state index contributed by atoms with van der Waals surface area (Å²) in [6.07, 6.45) is 0. The molecule has 2 rings (SSSR count). The van der Waals surface area contributed by atoms with Crippen molar-refractivity contribution in [2.24, 2.45) is 0 Å². The zero-order chi connectivity index (χ0) is 10.2. The predicted molar refractivity (Wildman–Crippen MR) is 64.7 cm³/mol. The first-order chi connectivity index (χ1) is 6.97. The molecule has 0 bridgehead atoms. The summed E-state index contributed by atoms with van der Waals surface area (Å²) in [5.74, 6) is 0. The summed E-state index contributed by atoms with van der Waals surface area (Å²) < 4.78 is 0. The summed E-state index contributed by atoms with van der Waals surface area (Å²) in [7, 11) is 0. The van der Waals surface area contributed by atoms with Gasteiger partial charge < -0.3 is 0 Å². The molecule has 0 atom stereocenters. The van der Waals surface area contributed by atoms with Gasteiger partial charge in [0.05, 0.1) is 0 Å². The Kier molecular flexibility index (Phi) is 6.09. The first-order valence-corrected chi connectivity index (χ1v) is 8.73. The van der Waals surface area contributed by atoms with E-state index in [-0.39, 0.29) is 0 Å². The summed E-state index contributed by atoms with van der Waals surface area (Å²) in [5.41, 5.74) is 2.37. The Bertz CT molecular complexity index is 308. The average Bonchev–Trinajstić information content (AvgIpc) is 2.34. The zero-order valence-corrected chi connectivity index (χ0v) is 11.1. The van der Waals surface area contributed by atoms with Gasteiger partial charge in [-0.25, -0.2) is 0 Å². The molecule has 0 aliphatic carbocycles. The molecule has 0 unspecified atom stereocenters. The van der Waals surface area contributed by atoms with Gasteiger partial charge >= 0.3 is 35.1 Å². The first-order valence-electron chi connectivity index (χ1n) is 4.11. The van der Waals surface area contributed by atoms with Gasteiger partial charge in [-0.1, -0.05) is 35.9 Å². The fraction of sp³-hybridized carbons (Fsp3) is 0. The van der Waals surface area contributed by atoms with Crippen molar-refractivity contribution in [1.29, 1.82) is 0 Å². The van der Waals surface area contributed by atoms with E-state index in [2.05, 4.69) is 39.9 Å². The second-order valence-corrected chi connectivity index (χ2v) is 2.64. The van der Waals surface area contributed by atoms with Crippen molar-refractivity contribution in [3.05, 3.63) is 60.7 Å². The van der Waals surface area contributed by atoms with Gasteiger partial charge in [0.15, 0.2) is 0 Å². The Morgan fingerprint density at radius 3 is 2.07 bits per heavy atom. The summed E-state index contributed by atoms with van der Waals surface area (Å²) in [6, 6.07) is 21.5. The number of halogens is 1. The van der Waals surface area contributed by atoms with Crippen LogP contribution in [-0.4, -0.2) is 0 Å². The molecular formula is C12H9IPd. The molecule has 14 heavy (non-hydrogen) atoms. The van der Waals surface area contributed by atoms with E-state index in [9.17, 15) is 0 Å². The summed E-state index contributed by atoms with van der Waals surface area (Å²) in [6.45, 7) is 0. The number of benzene rings is 2. The molecule has 0 radical (unpaired) electrons. The van der Waals surface area contributed by atoms with Crippen LogP contribution in [0.3, 0.4) is 0 Å². The maximum Gasteiger partial charge on any atom is -0.0638 e. The topological polar surface area (TPSA) is 0 Å². The van der Waals surface area contributed by atoms with Crippen molar-refractivity contribution in [2.45, 2.75) is 0 Å². The zero-order valence-electron chi connectivity index (χ0n) is 7.39. The van der Waals surface area contributed by atoms with Crippen molar-refractivity contribution in [3.63, 3.8) is 0 Å². The van der Waals surface area contributed by atoms with Crippen LogP contribution in [0.5, 0.6) is 0 Å². The van der Waals surface area contributed by atoms with Gasteiger partial charge in [-0.15, -0.1) is 35.9 Å². The normalized spacial score (nSPS) is 8.79. The van der Waals surface area contributed by atoms with E-state index in [1.54, 1.807) is 0 Å². The van der Waals surface area contributed by atoms with Crippen LogP contribution in [0.4, 0.5) is 0 Å². The van der Waals surface area contributed by atoms with Gasteiger partial charge in [-0.05, 0) is 0 Å². The van der Waals surface area contributed by atoms with Crippen LogP contribution in [0, 0.1) is 6.07 Å². The Morgan fingerprint density at radius 1 is 0.857 bits per heavy atom. The van der Waals surface area contributed by atoms with Gasteiger partial charge in [0.1, 0.15) is 0 Å². The van der Waals surface area contributed by atoms with E-state index in [1.165, 1.54) is 5.56 Å².